The molecule has 2 amide bonds. The topological polar surface area (TPSA) is 69.3 Å². The summed E-state index contributed by atoms with van der Waals surface area (Å²) < 4.78 is 13.8. The maximum Gasteiger partial charge on any atom is 0.270 e. The van der Waals surface area contributed by atoms with Gasteiger partial charge in [0, 0.05) is 50.0 Å². The second-order valence-corrected chi connectivity index (χ2v) is 7.93. The van der Waals surface area contributed by atoms with Crippen molar-refractivity contribution in [3.63, 3.8) is 0 Å². The number of halogens is 1. The van der Waals surface area contributed by atoms with Crippen LogP contribution in [0.5, 0.6) is 0 Å². The van der Waals surface area contributed by atoms with Crippen molar-refractivity contribution in [3.8, 4) is 0 Å². The van der Waals surface area contributed by atoms with Crippen molar-refractivity contribution in [1.82, 2.24) is 19.8 Å². The summed E-state index contributed by atoms with van der Waals surface area (Å²) in [5.74, 6) is -0.130. The Hall–Kier alpha value is -3.22. The first kappa shape index (κ1) is 17.8. The summed E-state index contributed by atoms with van der Waals surface area (Å²) in [4.78, 5) is 36.3. The van der Waals surface area contributed by atoms with Gasteiger partial charge in [0.25, 0.3) is 5.91 Å². The first-order chi connectivity index (χ1) is 14.0. The standard InChI is InChI=1S/C22H21FN4O2/c1-13(28)27-11-16-10-26(12-18(16)20(27)14-4-2-6-17(23)8-14)22(29)19-9-15-5-3-7-24-21(15)25-19/h2-9,16,18,20H,10-12H2,1H3,(H,24,25)/t16-,18-,20-/m1/s1. The molecule has 0 spiro atoms. The Balaban J connectivity index is 1.42. The summed E-state index contributed by atoms with van der Waals surface area (Å²) in [7, 11) is 0. The summed E-state index contributed by atoms with van der Waals surface area (Å²) in [5.41, 5.74) is 2.00. The van der Waals surface area contributed by atoms with Crippen LogP contribution in [-0.2, 0) is 4.79 Å². The van der Waals surface area contributed by atoms with E-state index in [-0.39, 0.29) is 35.5 Å². The SMILES string of the molecule is CC(=O)N1C[C@H]2CN(C(=O)c3cc4cccnc4[nH]3)C[C@H]2[C@H]1c1cccc(F)c1. The zero-order valence-corrected chi connectivity index (χ0v) is 16.0. The van der Waals surface area contributed by atoms with Gasteiger partial charge in [-0.2, -0.15) is 0 Å². The molecular weight excluding hydrogens is 371 g/mol. The molecule has 6 nitrogen and oxygen atoms in total. The second kappa shape index (κ2) is 6.69. The van der Waals surface area contributed by atoms with Crippen molar-refractivity contribution in [3.05, 3.63) is 65.7 Å². The van der Waals surface area contributed by atoms with E-state index in [2.05, 4.69) is 9.97 Å². The Morgan fingerprint density at radius 3 is 2.76 bits per heavy atom. The lowest BCUT2D eigenvalue weighted by molar-refractivity contribution is -0.130. The highest BCUT2D eigenvalue weighted by Crippen LogP contribution is 2.45. The molecular formula is C22H21FN4O2. The number of benzene rings is 1. The van der Waals surface area contributed by atoms with Crippen LogP contribution in [0.4, 0.5) is 4.39 Å². The van der Waals surface area contributed by atoms with E-state index in [0.29, 0.717) is 31.0 Å². The zero-order valence-electron chi connectivity index (χ0n) is 16.0. The molecule has 2 fully saturated rings. The van der Waals surface area contributed by atoms with Crippen LogP contribution >= 0.6 is 0 Å². The largest absolute Gasteiger partial charge is 0.337 e. The van der Waals surface area contributed by atoms with E-state index in [0.717, 1.165) is 10.9 Å². The number of aromatic amines is 1. The van der Waals surface area contributed by atoms with Gasteiger partial charge in [0.1, 0.15) is 17.2 Å². The molecule has 3 atom stereocenters. The number of fused-ring (bicyclic) bond motifs is 2. The summed E-state index contributed by atoms with van der Waals surface area (Å²) >= 11 is 0. The fraction of sp³-hybridized carbons (Fsp3) is 0.318. The average Bonchev–Trinajstić information content (AvgIpc) is 3.39. The molecule has 5 rings (SSSR count). The first-order valence-corrected chi connectivity index (χ1v) is 9.77. The van der Waals surface area contributed by atoms with Gasteiger partial charge >= 0.3 is 0 Å². The molecule has 2 aliphatic rings. The zero-order chi connectivity index (χ0) is 20.1. The van der Waals surface area contributed by atoms with Gasteiger partial charge in [-0.25, -0.2) is 9.37 Å². The number of pyridine rings is 1. The third-order valence-corrected chi connectivity index (χ3v) is 6.17. The van der Waals surface area contributed by atoms with E-state index < -0.39 is 0 Å². The molecule has 29 heavy (non-hydrogen) atoms. The van der Waals surface area contributed by atoms with E-state index in [1.54, 1.807) is 19.2 Å². The molecule has 0 bridgehead atoms. The van der Waals surface area contributed by atoms with Crippen LogP contribution in [0, 0.1) is 17.7 Å². The third kappa shape index (κ3) is 2.97. The van der Waals surface area contributed by atoms with Crippen molar-refractivity contribution in [1.29, 1.82) is 0 Å². The van der Waals surface area contributed by atoms with Crippen molar-refractivity contribution < 1.29 is 14.0 Å². The second-order valence-electron chi connectivity index (χ2n) is 7.93. The molecule has 2 aromatic heterocycles. The maximum atomic E-state index is 13.8. The number of nitrogens with zero attached hydrogens (tertiary/aromatic N) is 3. The third-order valence-electron chi connectivity index (χ3n) is 6.17. The van der Waals surface area contributed by atoms with Crippen LogP contribution in [0.2, 0.25) is 0 Å². The van der Waals surface area contributed by atoms with Crippen LogP contribution in [0.15, 0.2) is 48.7 Å². The molecule has 0 saturated carbocycles. The average molecular weight is 392 g/mol. The molecule has 1 N–H and O–H groups in total. The fourth-order valence-electron chi connectivity index (χ4n) is 4.90. The number of hydrogen-bond donors (Lipinski definition) is 1. The lowest BCUT2D eigenvalue weighted by Crippen LogP contribution is -2.36. The number of hydrogen-bond acceptors (Lipinski definition) is 3. The first-order valence-electron chi connectivity index (χ1n) is 9.77. The molecule has 0 aliphatic carbocycles. The van der Waals surface area contributed by atoms with Gasteiger partial charge in [-0.3, -0.25) is 9.59 Å². The number of carbonyl (C=O) groups is 2. The summed E-state index contributed by atoms with van der Waals surface area (Å²) in [5, 5.41) is 0.899. The van der Waals surface area contributed by atoms with Crippen LogP contribution < -0.4 is 0 Å². The number of amides is 2. The lowest BCUT2D eigenvalue weighted by Gasteiger charge is -2.29. The predicted molar refractivity (Wildman–Crippen MR) is 106 cm³/mol. The number of carbonyl (C=O) groups excluding carboxylic acids is 2. The maximum absolute atomic E-state index is 13.8. The van der Waals surface area contributed by atoms with Gasteiger partial charge in [-0.1, -0.05) is 12.1 Å². The van der Waals surface area contributed by atoms with Crippen molar-refractivity contribution in [2.24, 2.45) is 11.8 Å². The van der Waals surface area contributed by atoms with E-state index in [1.165, 1.54) is 12.1 Å². The quantitative estimate of drug-likeness (QED) is 0.729. The van der Waals surface area contributed by atoms with Gasteiger partial charge in [0.15, 0.2) is 0 Å². The van der Waals surface area contributed by atoms with Gasteiger partial charge in [0.05, 0.1) is 6.04 Å². The van der Waals surface area contributed by atoms with E-state index >= 15 is 0 Å². The Morgan fingerprint density at radius 2 is 2.00 bits per heavy atom. The Kier molecular flexibility index (Phi) is 4.12. The molecule has 2 aliphatic heterocycles. The van der Waals surface area contributed by atoms with Gasteiger partial charge in [-0.05, 0) is 35.9 Å². The number of rotatable bonds is 2. The Labute approximate surface area is 167 Å². The molecule has 0 radical (unpaired) electrons. The van der Waals surface area contributed by atoms with Gasteiger partial charge in [0.2, 0.25) is 5.91 Å². The smallest absolute Gasteiger partial charge is 0.270 e. The van der Waals surface area contributed by atoms with E-state index in [9.17, 15) is 14.0 Å². The highest BCUT2D eigenvalue weighted by atomic mass is 19.1. The van der Waals surface area contributed by atoms with Crippen LogP contribution in [0.1, 0.15) is 29.0 Å². The monoisotopic (exact) mass is 392 g/mol. The minimum atomic E-state index is -0.314. The Morgan fingerprint density at radius 1 is 1.14 bits per heavy atom. The van der Waals surface area contributed by atoms with Crippen LogP contribution in [0.25, 0.3) is 11.0 Å². The predicted octanol–water partition coefficient (Wildman–Crippen LogP) is 2.99. The number of likely N-dealkylation sites (tertiary alicyclic amines) is 2. The fourth-order valence-corrected chi connectivity index (χ4v) is 4.90. The van der Waals surface area contributed by atoms with Crippen LogP contribution in [-0.4, -0.2) is 51.2 Å². The highest BCUT2D eigenvalue weighted by Gasteiger charge is 2.49. The molecule has 4 heterocycles. The number of nitrogens with one attached hydrogen (secondary N) is 1. The Bertz CT molecular complexity index is 1080. The summed E-state index contributed by atoms with van der Waals surface area (Å²) in [6.45, 7) is 3.26. The molecule has 2 saturated heterocycles. The molecule has 7 heteroatoms. The molecule has 1 aromatic carbocycles. The molecule has 0 unspecified atom stereocenters. The number of aromatic nitrogens is 2. The van der Waals surface area contributed by atoms with Gasteiger partial charge < -0.3 is 14.8 Å². The van der Waals surface area contributed by atoms with Gasteiger partial charge in [-0.15, -0.1) is 0 Å². The van der Waals surface area contributed by atoms with E-state index in [1.807, 2.05) is 34.1 Å². The lowest BCUT2D eigenvalue weighted by atomic mass is 9.89. The minimum absolute atomic E-state index is 0.0202. The number of H-pyrrole nitrogens is 1. The summed E-state index contributed by atoms with van der Waals surface area (Å²) in [6.07, 6.45) is 1.69. The minimum Gasteiger partial charge on any atom is -0.337 e. The van der Waals surface area contributed by atoms with Crippen LogP contribution in [0.3, 0.4) is 0 Å². The van der Waals surface area contributed by atoms with Crippen molar-refractivity contribution in [2.75, 3.05) is 19.6 Å². The molecule has 3 aromatic rings. The normalized spacial score (nSPS) is 23.6. The summed E-state index contributed by atoms with van der Waals surface area (Å²) in [6, 6.07) is 11.8. The van der Waals surface area contributed by atoms with E-state index in [4.69, 9.17) is 0 Å². The van der Waals surface area contributed by atoms with Crippen molar-refractivity contribution in [2.45, 2.75) is 13.0 Å². The highest BCUT2D eigenvalue weighted by molar-refractivity contribution is 5.97. The molecule has 148 valence electrons. The van der Waals surface area contributed by atoms with Crippen molar-refractivity contribution >= 4 is 22.8 Å².